The number of piperidine rings is 1. The molecule has 0 aliphatic carbocycles. The van der Waals surface area contributed by atoms with Crippen molar-refractivity contribution in [2.75, 3.05) is 20.1 Å². The van der Waals surface area contributed by atoms with E-state index in [0.29, 0.717) is 11.4 Å². The topological polar surface area (TPSA) is 110 Å². The Labute approximate surface area is 223 Å². The minimum Gasteiger partial charge on any atom is -0.494 e. The van der Waals surface area contributed by atoms with Crippen molar-refractivity contribution in [3.8, 4) is 11.6 Å². The van der Waals surface area contributed by atoms with Crippen LogP contribution in [0.2, 0.25) is 0 Å². The van der Waals surface area contributed by atoms with Gasteiger partial charge >= 0.3 is 0 Å². The van der Waals surface area contributed by atoms with Crippen LogP contribution >= 0.6 is 0 Å². The van der Waals surface area contributed by atoms with Crippen LogP contribution in [0.1, 0.15) is 49.7 Å². The van der Waals surface area contributed by atoms with Crippen molar-refractivity contribution in [3.05, 3.63) is 82.4 Å². The number of nitrogens with zero attached hydrogens (tertiary/aromatic N) is 6. The minimum absolute atomic E-state index is 0.00638. The van der Waals surface area contributed by atoms with Crippen LogP contribution in [0, 0.1) is 20.4 Å². The molecule has 10 heteroatoms. The van der Waals surface area contributed by atoms with E-state index in [4.69, 9.17) is 20.9 Å². The van der Waals surface area contributed by atoms with Crippen molar-refractivity contribution >= 4 is 28.3 Å². The number of pyridine rings is 1. The predicted molar refractivity (Wildman–Crippen MR) is 137 cm³/mol. The lowest BCUT2D eigenvalue weighted by molar-refractivity contribution is -0.126. The number of ketones is 1. The zero-order chi connectivity index (χ0) is 32.1. The van der Waals surface area contributed by atoms with E-state index >= 15 is 0 Å². The van der Waals surface area contributed by atoms with Gasteiger partial charge in [-0.1, -0.05) is 35.3 Å². The first kappa shape index (κ1) is 16.8. The van der Waals surface area contributed by atoms with Crippen LogP contribution in [-0.4, -0.2) is 61.5 Å². The van der Waals surface area contributed by atoms with E-state index < -0.39 is 18.7 Å². The van der Waals surface area contributed by atoms with Crippen molar-refractivity contribution in [1.29, 1.82) is 0 Å². The van der Waals surface area contributed by atoms with E-state index in [2.05, 4.69) is 24.9 Å². The molecule has 1 fully saturated rings. The number of carbonyl (C=O) groups excluding carboxylic acids is 2. The molecule has 10 nitrogen and oxygen atoms in total. The van der Waals surface area contributed by atoms with Crippen molar-refractivity contribution in [3.63, 3.8) is 0 Å². The molecule has 5 rings (SSSR count). The largest absolute Gasteiger partial charge is 0.494 e. The van der Waals surface area contributed by atoms with Crippen LogP contribution in [0.25, 0.3) is 27.3 Å². The van der Waals surface area contributed by atoms with Crippen LogP contribution < -0.4 is 4.74 Å². The van der Waals surface area contributed by atoms with Gasteiger partial charge in [0.1, 0.15) is 17.9 Å². The summed E-state index contributed by atoms with van der Waals surface area (Å²) in [4.78, 5) is 43.0. The van der Waals surface area contributed by atoms with E-state index in [1.165, 1.54) is 29.0 Å². The number of likely N-dealkylation sites (tertiary alicyclic amines) is 1. The van der Waals surface area contributed by atoms with E-state index in [1.54, 1.807) is 6.92 Å². The summed E-state index contributed by atoms with van der Waals surface area (Å²) in [6, 6.07) is -1.06. The predicted octanol–water partition coefficient (Wildman–Crippen LogP) is 3.90. The second-order valence-electron chi connectivity index (χ2n) is 8.42. The van der Waals surface area contributed by atoms with E-state index in [1.807, 2.05) is 0 Å². The number of hydrogen-bond acceptors (Lipinski definition) is 6. The number of carbonyl (C=O) groups is 2. The molecule has 0 atom stereocenters. The first-order valence-electron chi connectivity index (χ1n) is 14.8. The molecule has 1 aliphatic heterocycles. The molecule has 1 aromatic carbocycles. The molecule has 0 bridgehead atoms. The van der Waals surface area contributed by atoms with Crippen molar-refractivity contribution < 1.29 is 23.9 Å². The number of ether oxygens (including phenoxy) is 1. The third-order valence-electron chi connectivity index (χ3n) is 6.11. The zero-order valence-corrected chi connectivity index (χ0v) is 20.0. The highest BCUT2D eigenvalue weighted by molar-refractivity contribution is 6.45. The number of aromatic amines is 1. The average molecular weight is 503 g/mol. The molecular formula is C27H25N7O3. The Morgan fingerprint density at radius 3 is 2.59 bits per heavy atom. The maximum Gasteiger partial charge on any atom is 0.295 e. The Hall–Kier alpha value is -4.78. The molecular weight excluding hydrogens is 470 g/mol. The first-order chi connectivity index (χ1) is 20.7. The average Bonchev–Trinajstić information content (AvgIpc) is 3.63. The van der Waals surface area contributed by atoms with Gasteiger partial charge in [-0.3, -0.25) is 9.59 Å². The standard InChI is InChI=1S/C27H25N7O3/c1-16-5-7-18(8-6-16)23(28-3)19-9-11-33(12-10-19)27(36)25(35)20-13-29-24-22(20)21(37-4)14-30-26(24)34-15-31-17(2)32-34/h5-8,13-15,29H,9-12H2,1-2,4H3/i4D3,5D,6D,7D,8D. The highest BCUT2D eigenvalue weighted by atomic mass is 16.5. The smallest absolute Gasteiger partial charge is 0.295 e. The molecule has 1 amide bonds. The molecule has 1 saturated heterocycles. The number of aryl methyl sites for hydroxylation is 1. The van der Waals surface area contributed by atoms with Gasteiger partial charge in [0.05, 0.1) is 45.9 Å². The highest BCUT2D eigenvalue weighted by Crippen LogP contribution is 2.33. The van der Waals surface area contributed by atoms with E-state index in [9.17, 15) is 9.59 Å². The monoisotopic (exact) mass is 502 g/mol. The summed E-state index contributed by atoms with van der Waals surface area (Å²) in [5, 5.41) is 4.25. The molecule has 3 aromatic heterocycles. The lowest BCUT2D eigenvalue weighted by Crippen LogP contribution is -2.40. The van der Waals surface area contributed by atoms with Gasteiger partial charge in [-0.15, -0.1) is 0 Å². The fraction of sp³-hybridized carbons (Fsp3) is 0.259. The molecule has 0 saturated carbocycles. The summed E-state index contributed by atoms with van der Waals surface area (Å²) in [6.07, 6.45) is 4.15. The molecule has 0 spiro atoms. The summed E-state index contributed by atoms with van der Waals surface area (Å²) < 4.78 is 62.1. The Morgan fingerprint density at radius 2 is 1.95 bits per heavy atom. The Balaban J connectivity index is 1.46. The minimum atomic E-state index is -2.87. The van der Waals surface area contributed by atoms with Crippen LogP contribution in [0.4, 0.5) is 0 Å². The first-order valence-corrected chi connectivity index (χ1v) is 11.3. The van der Waals surface area contributed by atoms with Crippen molar-refractivity contribution in [2.45, 2.75) is 26.7 Å². The fourth-order valence-electron chi connectivity index (χ4n) is 4.26. The van der Waals surface area contributed by atoms with E-state index in [0.717, 1.165) is 6.20 Å². The third-order valence-corrected chi connectivity index (χ3v) is 6.11. The number of fused-ring (bicyclic) bond motifs is 1. The number of aromatic nitrogens is 5. The number of Topliss-reactive ketones (excluding diaryl/α,β-unsaturated/α-hetero) is 1. The zero-order valence-electron chi connectivity index (χ0n) is 27.0. The van der Waals surface area contributed by atoms with Gasteiger partial charge in [0, 0.05) is 19.3 Å². The molecule has 0 radical (unpaired) electrons. The summed E-state index contributed by atoms with van der Waals surface area (Å²) >= 11 is 0. The van der Waals surface area contributed by atoms with E-state index in [-0.39, 0.29) is 95.0 Å². The lowest BCUT2D eigenvalue weighted by atomic mass is 9.97. The second kappa shape index (κ2) is 9.70. The number of nitrogens with one attached hydrogen (secondary N) is 1. The van der Waals surface area contributed by atoms with Gasteiger partial charge in [-0.25, -0.2) is 19.5 Å². The Kier molecular flexibility index (Phi) is 4.41. The van der Waals surface area contributed by atoms with Crippen LogP contribution in [0.15, 0.2) is 48.5 Å². The molecule has 0 unspecified atom stereocenters. The summed E-state index contributed by atoms with van der Waals surface area (Å²) in [5.74, 6) is -1.37. The number of H-pyrrole nitrogens is 1. The van der Waals surface area contributed by atoms with Crippen LogP contribution in [-0.2, 0) is 4.79 Å². The van der Waals surface area contributed by atoms with Gasteiger partial charge in [0.25, 0.3) is 11.7 Å². The number of rotatable bonds is 5. The number of amides is 1. The Morgan fingerprint density at radius 1 is 1.19 bits per heavy atom. The Bertz CT molecular complexity index is 1880. The third kappa shape index (κ3) is 4.36. The number of benzene rings is 1. The highest BCUT2D eigenvalue weighted by Gasteiger charge is 2.30. The van der Waals surface area contributed by atoms with Gasteiger partial charge in [0.15, 0.2) is 11.5 Å². The molecule has 4 aromatic rings. The maximum absolute atomic E-state index is 13.6. The fourth-order valence-corrected chi connectivity index (χ4v) is 4.26. The van der Waals surface area contributed by atoms with Gasteiger partial charge in [0.2, 0.25) is 0 Å². The van der Waals surface area contributed by atoms with Crippen molar-refractivity contribution in [1.82, 2.24) is 29.6 Å². The number of hydrogen-bond donors (Lipinski definition) is 1. The molecule has 1 aliphatic rings. The van der Waals surface area contributed by atoms with Crippen LogP contribution in [0.3, 0.4) is 0 Å². The summed E-state index contributed by atoms with van der Waals surface area (Å²) in [6.45, 7) is 11.0. The quantitative estimate of drug-likeness (QED) is 0.252. The molecule has 37 heavy (non-hydrogen) atoms. The van der Waals surface area contributed by atoms with Gasteiger partial charge in [-0.05, 0) is 32.3 Å². The summed E-state index contributed by atoms with van der Waals surface area (Å²) in [5.41, 5.74) is 0.736. The molecule has 4 heterocycles. The lowest BCUT2D eigenvalue weighted by Gasteiger charge is -2.28. The summed E-state index contributed by atoms with van der Waals surface area (Å²) in [7, 11) is -2.87. The normalized spacial score (nSPS) is 16.5. The molecule has 1 N–H and O–H groups in total. The van der Waals surface area contributed by atoms with Gasteiger partial charge in [-0.2, -0.15) is 5.10 Å². The van der Waals surface area contributed by atoms with Gasteiger partial charge < -0.3 is 14.6 Å². The SMILES string of the molecule is [2H]c1c([2H])c(C([N+]#[C-])=C2CCN(C(=O)C(=O)c3c[nH]c4c(-n5cnc(C)n5)ncc(OC([2H])([2H])[2H])c34)CC2)c([2H])c([2H])c1C. The number of methoxy groups -OCH3 is 1. The van der Waals surface area contributed by atoms with Crippen LogP contribution in [0.5, 0.6) is 5.75 Å². The molecule has 186 valence electrons. The van der Waals surface area contributed by atoms with Crippen molar-refractivity contribution in [2.24, 2.45) is 0 Å². The second-order valence-corrected chi connectivity index (χ2v) is 8.42. The maximum atomic E-state index is 13.6.